The van der Waals surface area contributed by atoms with Crippen LogP contribution in [-0.4, -0.2) is 30.0 Å². The van der Waals surface area contributed by atoms with E-state index in [2.05, 4.69) is 5.32 Å². The Morgan fingerprint density at radius 2 is 2.31 bits per heavy atom. The van der Waals surface area contributed by atoms with E-state index in [4.69, 9.17) is 27.9 Å². The van der Waals surface area contributed by atoms with E-state index in [0.29, 0.717) is 19.6 Å². The highest BCUT2D eigenvalue weighted by atomic mass is 35.5. The van der Waals surface area contributed by atoms with Crippen molar-refractivity contribution in [2.45, 2.75) is 24.2 Å². The molecule has 0 aromatic heterocycles. The van der Waals surface area contributed by atoms with E-state index in [1.54, 1.807) is 6.92 Å². The number of alkyl halides is 2. The fraction of sp³-hybridized carbons (Fsp3) is 0.875. The molecule has 0 aliphatic carbocycles. The van der Waals surface area contributed by atoms with E-state index in [9.17, 15) is 4.79 Å². The minimum Gasteiger partial charge on any atom is -0.466 e. The third-order valence-corrected chi connectivity index (χ3v) is 3.16. The average Bonchev–Trinajstić information content (AvgIpc) is 2.10. The van der Waals surface area contributed by atoms with Gasteiger partial charge in [-0.05, 0) is 19.9 Å². The number of nitrogens with one attached hydrogen (secondary N) is 1. The van der Waals surface area contributed by atoms with Gasteiger partial charge in [0.25, 0.3) is 0 Å². The van der Waals surface area contributed by atoms with Crippen molar-refractivity contribution in [3.05, 3.63) is 0 Å². The normalized spacial score (nSPS) is 34.2. The van der Waals surface area contributed by atoms with Gasteiger partial charge in [-0.25, -0.2) is 0 Å². The third-order valence-electron chi connectivity index (χ3n) is 2.05. The first-order chi connectivity index (χ1) is 6.16. The number of piperidine rings is 1. The highest BCUT2D eigenvalue weighted by molar-refractivity contribution is 6.30. The Morgan fingerprint density at radius 1 is 1.62 bits per heavy atom. The molecule has 13 heavy (non-hydrogen) atoms. The summed E-state index contributed by atoms with van der Waals surface area (Å²) >= 11 is 11.8. The lowest BCUT2D eigenvalue weighted by Gasteiger charge is -2.30. The molecule has 0 bridgehead atoms. The first-order valence-corrected chi connectivity index (χ1v) is 5.22. The van der Waals surface area contributed by atoms with Crippen LogP contribution in [0, 0.1) is 5.92 Å². The van der Waals surface area contributed by atoms with E-state index in [1.807, 2.05) is 0 Å². The summed E-state index contributed by atoms with van der Waals surface area (Å²) in [5.41, 5.74) is -0.343. The molecule has 5 heteroatoms. The molecule has 0 saturated carbocycles. The van der Waals surface area contributed by atoms with E-state index in [1.165, 1.54) is 0 Å². The summed E-state index contributed by atoms with van der Waals surface area (Å²) < 4.78 is 4.89. The lowest BCUT2D eigenvalue weighted by atomic mass is 9.98. The van der Waals surface area contributed by atoms with Gasteiger partial charge in [0.1, 0.15) is 0 Å². The molecule has 3 atom stereocenters. The number of ether oxygens (including phenoxy) is 1. The summed E-state index contributed by atoms with van der Waals surface area (Å²) in [6.07, 6.45) is 0.691. The Morgan fingerprint density at radius 3 is 2.92 bits per heavy atom. The highest BCUT2D eigenvalue weighted by Crippen LogP contribution is 2.25. The molecule has 3 unspecified atom stereocenters. The molecular formula is C8H13Cl2NO2. The molecule has 0 amide bonds. The molecule has 1 N–H and O–H groups in total. The third kappa shape index (κ3) is 2.73. The Kier molecular flexibility index (Phi) is 4.29. The molecule has 1 fully saturated rings. The predicted octanol–water partition coefficient (Wildman–Crippen LogP) is 1.33. The molecule has 76 valence electrons. The summed E-state index contributed by atoms with van der Waals surface area (Å²) in [4.78, 5) is 11.4. The molecule has 1 aliphatic rings. The number of esters is 1. The summed E-state index contributed by atoms with van der Waals surface area (Å²) in [5.74, 6) is -0.514. The van der Waals surface area contributed by atoms with E-state index < -0.39 is 0 Å². The summed E-state index contributed by atoms with van der Waals surface area (Å²) in [6, 6.07) is 0. The Bertz CT molecular complexity index is 189. The molecule has 3 nitrogen and oxygen atoms in total. The number of carbonyl (C=O) groups is 1. The second-order valence-electron chi connectivity index (χ2n) is 2.95. The monoisotopic (exact) mass is 225 g/mol. The minimum absolute atomic E-state index is 0.241. The number of carbonyl (C=O) groups excluding carboxylic acids is 1. The Hall–Kier alpha value is 0.01000. The maximum Gasteiger partial charge on any atom is 0.310 e. The number of rotatable bonds is 2. The number of halogens is 2. The molecule has 1 saturated heterocycles. The van der Waals surface area contributed by atoms with E-state index >= 15 is 0 Å². The largest absolute Gasteiger partial charge is 0.466 e. The molecule has 0 radical (unpaired) electrons. The van der Waals surface area contributed by atoms with Crippen molar-refractivity contribution in [1.29, 1.82) is 0 Å². The molecule has 1 rings (SSSR count). The van der Waals surface area contributed by atoms with Crippen LogP contribution in [-0.2, 0) is 9.53 Å². The fourth-order valence-electron chi connectivity index (χ4n) is 1.35. The van der Waals surface area contributed by atoms with E-state index in [-0.39, 0.29) is 22.8 Å². The van der Waals surface area contributed by atoms with Crippen LogP contribution in [0.1, 0.15) is 13.3 Å². The zero-order chi connectivity index (χ0) is 9.84. The van der Waals surface area contributed by atoms with Crippen molar-refractivity contribution < 1.29 is 9.53 Å². The van der Waals surface area contributed by atoms with Crippen molar-refractivity contribution in [2.24, 2.45) is 5.92 Å². The average molecular weight is 226 g/mol. The topological polar surface area (TPSA) is 38.3 Å². The number of hydrogen-bond acceptors (Lipinski definition) is 3. The van der Waals surface area contributed by atoms with Gasteiger partial charge < -0.3 is 10.1 Å². The summed E-state index contributed by atoms with van der Waals surface area (Å²) in [7, 11) is 0. The maximum absolute atomic E-state index is 11.4. The van der Waals surface area contributed by atoms with Crippen molar-refractivity contribution in [2.75, 3.05) is 13.2 Å². The van der Waals surface area contributed by atoms with Gasteiger partial charge in [-0.15, -0.1) is 23.2 Å². The zero-order valence-electron chi connectivity index (χ0n) is 7.43. The van der Waals surface area contributed by atoms with Crippen LogP contribution in [0.4, 0.5) is 0 Å². The van der Waals surface area contributed by atoms with Crippen LogP contribution < -0.4 is 5.32 Å². The van der Waals surface area contributed by atoms with Crippen LogP contribution in [0.5, 0.6) is 0 Å². The van der Waals surface area contributed by atoms with Crippen LogP contribution in [0.15, 0.2) is 0 Å². The summed E-state index contributed by atoms with van der Waals surface area (Å²) in [5, 5.41) is 2.60. The van der Waals surface area contributed by atoms with Gasteiger partial charge in [-0.1, -0.05) is 0 Å². The standard InChI is InChI=1S/C8H13Cl2NO2/c1-2-13-8(12)5-3-4-11-7(10)6(5)9/h5-7,11H,2-4H2,1H3. The van der Waals surface area contributed by atoms with Gasteiger partial charge in [0, 0.05) is 0 Å². The van der Waals surface area contributed by atoms with Crippen LogP contribution in [0.25, 0.3) is 0 Å². The van der Waals surface area contributed by atoms with Gasteiger partial charge in [-0.2, -0.15) is 0 Å². The first kappa shape index (κ1) is 11.1. The van der Waals surface area contributed by atoms with Crippen molar-refractivity contribution in [1.82, 2.24) is 5.32 Å². The Labute approximate surface area is 87.7 Å². The van der Waals surface area contributed by atoms with Crippen molar-refractivity contribution in [3.63, 3.8) is 0 Å². The van der Waals surface area contributed by atoms with Gasteiger partial charge in [0.15, 0.2) is 0 Å². The summed E-state index contributed by atoms with van der Waals surface area (Å²) in [6.45, 7) is 2.88. The number of hydrogen-bond donors (Lipinski definition) is 1. The maximum atomic E-state index is 11.4. The SMILES string of the molecule is CCOC(=O)C1CCNC(Cl)C1Cl. The van der Waals surface area contributed by atoms with Gasteiger partial charge >= 0.3 is 5.97 Å². The molecule has 0 spiro atoms. The quantitative estimate of drug-likeness (QED) is 0.438. The van der Waals surface area contributed by atoms with Crippen LogP contribution >= 0.6 is 23.2 Å². The fourth-order valence-corrected chi connectivity index (χ4v) is 1.95. The van der Waals surface area contributed by atoms with Crippen molar-refractivity contribution in [3.8, 4) is 0 Å². The van der Waals surface area contributed by atoms with Gasteiger partial charge in [-0.3, -0.25) is 4.79 Å². The molecule has 0 aromatic carbocycles. The molecular weight excluding hydrogens is 213 g/mol. The second kappa shape index (κ2) is 5.03. The predicted molar refractivity (Wildman–Crippen MR) is 52.0 cm³/mol. The van der Waals surface area contributed by atoms with Gasteiger partial charge in [0.05, 0.1) is 23.4 Å². The smallest absolute Gasteiger partial charge is 0.310 e. The van der Waals surface area contributed by atoms with Crippen molar-refractivity contribution >= 4 is 29.2 Å². The lowest BCUT2D eigenvalue weighted by molar-refractivity contribution is -0.148. The Balaban J connectivity index is 2.52. The van der Waals surface area contributed by atoms with Gasteiger partial charge in [0.2, 0.25) is 0 Å². The van der Waals surface area contributed by atoms with Crippen LogP contribution in [0.2, 0.25) is 0 Å². The lowest BCUT2D eigenvalue weighted by Crippen LogP contribution is -2.46. The first-order valence-electron chi connectivity index (χ1n) is 4.35. The minimum atomic E-state index is -0.380. The second-order valence-corrected chi connectivity index (χ2v) is 3.92. The highest BCUT2D eigenvalue weighted by Gasteiger charge is 2.35. The van der Waals surface area contributed by atoms with E-state index in [0.717, 1.165) is 0 Å². The molecule has 1 heterocycles. The molecule has 1 aliphatic heterocycles. The van der Waals surface area contributed by atoms with Crippen LogP contribution in [0.3, 0.4) is 0 Å². The zero-order valence-corrected chi connectivity index (χ0v) is 8.94. The molecule has 0 aromatic rings.